The normalized spacial score (nSPS) is 18.4. The third-order valence-corrected chi connectivity index (χ3v) is 8.79. The van der Waals surface area contributed by atoms with E-state index in [0.717, 1.165) is 50.8 Å². The molecule has 2 aromatic rings. The minimum absolute atomic E-state index is 0.0862. The van der Waals surface area contributed by atoms with E-state index in [4.69, 9.17) is 4.74 Å². The number of likely N-dealkylation sites (tertiary alicyclic amines) is 1. The third kappa shape index (κ3) is 6.60. The lowest BCUT2D eigenvalue weighted by Crippen LogP contribution is -2.34. The van der Waals surface area contributed by atoms with Crippen LogP contribution in [0.25, 0.3) is 0 Å². The maximum absolute atomic E-state index is 13.7. The van der Waals surface area contributed by atoms with Crippen LogP contribution in [0, 0.1) is 11.3 Å². The van der Waals surface area contributed by atoms with Gasteiger partial charge in [0.1, 0.15) is 5.00 Å². The van der Waals surface area contributed by atoms with Crippen molar-refractivity contribution in [3.63, 3.8) is 0 Å². The quantitative estimate of drug-likeness (QED) is 0.469. The molecule has 1 aromatic heterocycles. The molecule has 0 saturated carbocycles. The fourth-order valence-electron chi connectivity index (χ4n) is 5.38. The average molecular weight is 526 g/mol. The van der Waals surface area contributed by atoms with Gasteiger partial charge in [-0.15, -0.1) is 11.3 Å². The molecule has 2 heterocycles. The van der Waals surface area contributed by atoms with Gasteiger partial charge in [-0.2, -0.15) is 0 Å². The van der Waals surface area contributed by atoms with Crippen molar-refractivity contribution in [1.29, 1.82) is 0 Å². The molecule has 37 heavy (non-hydrogen) atoms. The summed E-state index contributed by atoms with van der Waals surface area (Å²) in [5.41, 5.74) is 2.39. The highest BCUT2D eigenvalue weighted by Gasteiger charge is 2.34. The lowest BCUT2D eigenvalue weighted by atomic mass is 9.72. The Kier molecular flexibility index (Phi) is 8.70. The minimum Gasteiger partial charge on any atom is -0.465 e. The molecular formula is C29H39N3O4S. The van der Waals surface area contributed by atoms with Crippen molar-refractivity contribution in [2.75, 3.05) is 37.4 Å². The number of rotatable bonds is 6. The van der Waals surface area contributed by atoms with Gasteiger partial charge in [0.2, 0.25) is 5.91 Å². The van der Waals surface area contributed by atoms with Crippen LogP contribution in [0.15, 0.2) is 24.3 Å². The molecule has 1 aromatic carbocycles. The van der Waals surface area contributed by atoms with E-state index in [2.05, 4.69) is 36.3 Å². The Morgan fingerprint density at radius 2 is 1.76 bits per heavy atom. The van der Waals surface area contributed by atoms with Crippen molar-refractivity contribution in [3.05, 3.63) is 45.8 Å². The van der Waals surface area contributed by atoms with Gasteiger partial charge in [0.15, 0.2) is 0 Å². The highest BCUT2D eigenvalue weighted by atomic mass is 32.1. The first-order chi connectivity index (χ1) is 17.7. The Labute approximate surface area is 224 Å². The van der Waals surface area contributed by atoms with Crippen molar-refractivity contribution in [1.82, 2.24) is 4.90 Å². The van der Waals surface area contributed by atoms with Crippen LogP contribution in [0.1, 0.15) is 84.0 Å². The molecule has 1 aliphatic carbocycles. The maximum Gasteiger partial charge on any atom is 0.339 e. The topological polar surface area (TPSA) is 87.7 Å². The van der Waals surface area contributed by atoms with Crippen LogP contribution in [0.4, 0.5) is 10.7 Å². The number of hydrogen-bond donors (Lipinski definition) is 2. The maximum atomic E-state index is 13.7. The number of nitrogens with zero attached hydrogens (tertiary/aromatic N) is 1. The number of thiophene rings is 1. The summed E-state index contributed by atoms with van der Waals surface area (Å²) in [7, 11) is 1.32. The van der Waals surface area contributed by atoms with Crippen LogP contribution in [-0.4, -0.2) is 49.4 Å². The zero-order valence-electron chi connectivity index (χ0n) is 22.4. The van der Waals surface area contributed by atoms with E-state index in [-0.39, 0.29) is 17.2 Å². The summed E-state index contributed by atoms with van der Waals surface area (Å²) < 4.78 is 4.89. The van der Waals surface area contributed by atoms with Crippen molar-refractivity contribution in [3.8, 4) is 0 Å². The number of carbonyl (C=O) groups excluding carboxylic acids is 3. The lowest BCUT2D eigenvalue weighted by molar-refractivity contribution is -0.117. The van der Waals surface area contributed by atoms with Gasteiger partial charge >= 0.3 is 5.97 Å². The Balaban J connectivity index is 1.62. The molecule has 2 N–H and O–H groups in total. The summed E-state index contributed by atoms with van der Waals surface area (Å²) in [6.07, 6.45) is 7.32. The number of methoxy groups -OCH3 is 1. The van der Waals surface area contributed by atoms with Crippen molar-refractivity contribution in [2.45, 2.75) is 65.7 Å². The smallest absolute Gasteiger partial charge is 0.339 e. The minimum atomic E-state index is -0.512. The van der Waals surface area contributed by atoms with Crippen LogP contribution >= 0.6 is 11.3 Å². The molecule has 1 atom stereocenters. The molecule has 8 heteroatoms. The number of fused-ring (bicyclic) bond motifs is 1. The predicted octanol–water partition coefficient (Wildman–Crippen LogP) is 5.75. The Hall–Kier alpha value is -2.71. The second-order valence-electron chi connectivity index (χ2n) is 11.2. The number of nitrogens with one attached hydrogen (secondary N) is 2. The fourth-order valence-corrected chi connectivity index (χ4v) is 6.72. The van der Waals surface area contributed by atoms with Crippen LogP contribution < -0.4 is 10.6 Å². The second kappa shape index (κ2) is 11.8. The van der Waals surface area contributed by atoms with Crippen molar-refractivity contribution < 1.29 is 19.1 Å². The van der Waals surface area contributed by atoms with Gasteiger partial charge < -0.3 is 15.4 Å². The van der Waals surface area contributed by atoms with Gasteiger partial charge in [-0.1, -0.05) is 45.7 Å². The number of carbonyl (C=O) groups is 3. The highest BCUT2D eigenvalue weighted by molar-refractivity contribution is 7.17. The fraction of sp³-hybridized carbons (Fsp3) is 0.552. The summed E-state index contributed by atoms with van der Waals surface area (Å²) in [5, 5.41) is 6.62. The molecule has 0 spiro atoms. The number of anilines is 2. The van der Waals surface area contributed by atoms with E-state index < -0.39 is 5.97 Å². The summed E-state index contributed by atoms with van der Waals surface area (Å²) >= 11 is 1.53. The summed E-state index contributed by atoms with van der Waals surface area (Å²) in [6.45, 7) is 8.98. The molecule has 1 saturated heterocycles. The Morgan fingerprint density at radius 1 is 1.05 bits per heavy atom. The van der Waals surface area contributed by atoms with E-state index >= 15 is 0 Å². The molecule has 1 fully saturated rings. The van der Waals surface area contributed by atoms with Crippen LogP contribution in [0.3, 0.4) is 0 Å². The van der Waals surface area contributed by atoms with Gasteiger partial charge in [-0.3, -0.25) is 14.5 Å². The molecule has 2 amide bonds. The molecule has 2 aliphatic rings. The van der Waals surface area contributed by atoms with Gasteiger partial charge in [-0.05, 0) is 74.2 Å². The summed E-state index contributed by atoms with van der Waals surface area (Å²) in [6, 6.07) is 6.82. The molecule has 0 radical (unpaired) electrons. The number of para-hydroxylation sites is 1. The molecular weight excluding hydrogens is 486 g/mol. The number of esters is 1. The average Bonchev–Trinajstić information content (AvgIpc) is 3.01. The largest absolute Gasteiger partial charge is 0.465 e. The van der Waals surface area contributed by atoms with Crippen LogP contribution in [0.5, 0.6) is 0 Å². The summed E-state index contributed by atoms with van der Waals surface area (Å²) in [4.78, 5) is 42.4. The van der Waals surface area contributed by atoms with E-state index in [1.807, 2.05) is 0 Å². The van der Waals surface area contributed by atoms with Crippen molar-refractivity contribution >= 4 is 39.8 Å². The zero-order valence-corrected chi connectivity index (χ0v) is 23.3. The number of benzene rings is 1. The highest BCUT2D eigenvalue weighted by Crippen LogP contribution is 2.44. The molecule has 7 nitrogen and oxygen atoms in total. The number of hydrogen-bond acceptors (Lipinski definition) is 6. The Morgan fingerprint density at radius 3 is 2.43 bits per heavy atom. The first kappa shape index (κ1) is 27.3. The van der Waals surface area contributed by atoms with E-state index in [0.29, 0.717) is 34.3 Å². The van der Waals surface area contributed by atoms with Gasteiger partial charge in [0, 0.05) is 4.88 Å². The van der Waals surface area contributed by atoms with Gasteiger partial charge in [0.25, 0.3) is 5.91 Å². The van der Waals surface area contributed by atoms with E-state index in [9.17, 15) is 14.4 Å². The molecule has 0 unspecified atom stereocenters. The lowest BCUT2D eigenvalue weighted by Gasteiger charge is -2.33. The first-order valence-electron chi connectivity index (χ1n) is 13.3. The number of ether oxygens (including phenoxy) is 1. The van der Waals surface area contributed by atoms with Crippen molar-refractivity contribution in [2.24, 2.45) is 11.3 Å². The van der Waals surface area contributed by atoms with E-state index in [1.165, 1.54) is 36.2 Å². The molecule has 0 bridgehead atoms. The number of amides is 2. The second-order valence-corrected chi connectivity index (χ2v) is 12.3. The third-order valence-electron chi connectivity index (χ3n) is 7.62. The SMILES string of the molecule is COC(=O)c1ccccc1NC(=O)c1c(NC(=O)CN2CCCCCC2)sc2c1CC[C@H](C(C)(C)C)C2. The standard InChI is InChI=1S/C29H39N3O4S/c1-29(2,3)19-13-14-21-23(17-19)37-27(31-24(33)18-32-15-9-5-6-10-16-32)25(21)26(34)30-22-12-8-7-11-20(22)28(35)36-4/h7-8,11-12,19H,5-6,9-10,13-18H2,1-4H3,(H,30,34)(H,31,33)/t19-/m0/s1. The molecule has 4 rings (SSSR count). The van der Waals surface area contributed by atoms with Crippen LogP contribution in [-0.2, 0) is 22.4 Å². The van der Waals surface area contributed by atoms with Crippen LogP contribution in [0.2, 0.25) is 0 Å². The predicted molar refractivity (Wildman–Crippen MR) is 149 cm³/mol. The van der Waals surface area contributed by atoms with E-state index in [1.54, 1.807) is 24.3 Å². The first-order valence-corrected chi connectivity index (χ1v) is 14.1. The van der Waals surface area contributed by atoms with Gasteiger partial charge in [0.05, 0.1) is 30.5 Å². The monoisotopic (exact) mass is 525 g/mol. The molecule has 1 aliphatic heterocycles. The summed E-state index contributed by atoms with van der Waals surface area (Å²) in [5.74, 6) is -0.400. The zero-order chi connectivity index (χ0) is 26.6. The van der Waals surface area contributed by atoms with Gasteiger partial charge in [-0.25, -0.2) is 4.79 Å². The molecule has 200 valence electrons. The Bertz CT molecular complexity index is 1140.